The summed E-state index contributed by atoms with van der Waals surface area (Å²) in [5.41, 5.74) is 1.07. The van der Waals surface area contributed by atoms with Gasteiger partial charge < -0.3 is 10.4 Å². The van der Waals surface area contributed by atoms with Gasteiger partial charge in [0, 0.05) is 12.7 Å². The second-order valence-electron chi connectivity index (χ2n) is 4.90. The molecule has 0 aliphatic carbocycles. The number of carbonyl (C=O) groups excluding carboxylic acids is 3. The number of amides is 3. The second-order valence-corrected chi connectivity index (χ2v) is 4.90. The molecule has 3 rings (SSSR count). The van der Waals surface area contributed by atoms with E-state index in [1.54, 1.807) is 18.2 Å². The number of rotatable bonds is 2. The molecule has 0 saturated carbocycles. The molecule has 0 saturated heterocycles. The maximum absolute atomic E-state index is 12.1. The highest BCUT2D eigenvalue weighted by atomic mass is 16.3. The molecule has 0 spiro atoms. The molecular weight excluding hydrogens is 284 g/mol. The average Bonchev–Trinajstić information content (AvgIpc) is 2.72. The van der Waals surface area contributed by atoms with Crippen LogP contribution in [0, 0.1) is 0 Å². The summed E-state index contributed by atoms with van der Waals surface area (Å²) < 4.78 is 0. The van der Waals surface area contributed by atoms with Gasteiger partial charge in [-0.3, -0.25) is 19.3 Å². The van der Waals surface area contributed by atoms with Crippen molar-refractivity contribution in [2.24, 2.45) is 0 Å². The lowest BCUT2D eigenvalue weighted by atomic mass is 10.1. The van der Waals surface area contributed by atoms with Crippen molar-refractivity contribution in [1.29, 1.82) is 0 Å². The number of phenols is 1. The number of nitrogens with one attached hydrogen (secondary N) is 1. The van der Waals surface area contributed by atoms with Crippen LogP contribution in [0.2, 0.25) is 0 Å². The van der Waals surface area contributed by atoms with Crippen LogP contribution < -0.4 is 5.32 Å². The fourth-order valence-corrected chi connectivity index (χ4v) is 2.30. The number of anilines is 1. The van der Waals surface area contributed by atoms with Crippen LogP contribution in [0.25, 0.3) is 0 Å². The number of carbonyl (C=O) groups is 3. The van der Waals surface area contributed by atoms with Crippen molar-refractivity contribution in [3.8, 4) is 5.75 Å². The predicted molar refractivity (Wildman–Crippen MR) is 78.9 cm³/mol. The Morgan fingerprint density at radius 1 is 1.05 bits per heavy atom. The van der Waals surface area contributed by atoms with Gasteiger partial charge in [-0.1, -0.05) is 12.1 Å². The number of nitrogens with zero attached hydrogens (tertiary/aromatic N) is 1. The molecule has 0 fully saturated rings. The van der Waals surface area contributed by atoms with Gasteiger partial charge in [-0.15, -0.1) is 0 Å². The van der Waals surface area contributed by atoms with Crippen LogP contribution in [0.15, 0.2) is 42.5 Å². The van der Waals surface area contributed by atoms with Crippen molar-refractivity contribution >= 4 is 23.4 Å². The van der Waals surface area contributed by atoms with Gasteiger partial charge in [0.1, 0.15) is 5.75 Å². The molecule has 1 aliphatic heterocycles. The van der Waals surface area contributed by atoms with Crippen molar-refractivity contribution in [2.75, 3.05) is 12.4 Å². The molecule has 110 valence electrons. The maximum Gasteiger partial charge on any atom is 0.261 e. The topological polar surface area (TPSA) is 86.7 Å². The minimum absolute atomic E-state index is 0.127. The predicted octanol–water partition coefficient (Wildman–Crippen LogP) is 1.87. The Hall–Kier alpha value is -3.15. The summed E-state index contributed by atoms with van der Waals surface area (Å²) in [5, 5.41) is 12.3. The van der Waals surface area contributed by atoms with Gasteiger partial charge in [0.05, 0.1) is 16.7 Å². The summed E-state index contributed by atoms with van der Waals surface area (Å²) in [5.74, 6) is -1.40. The van der Waals surface area contributed by atoms with Gasteiger partial charge in [-0.25, -0.2) is 0 Å². The first kappa shape index (κ1) is 13.8. The van der Waals surface area contributed by atoms with Crippen LogP contribution >= 0.6 is 0 Å². The van der Waals surface area contributed by atoms with Crippen LogP contribution in [-0.2, 0) is 0 Å². The number of imide groups is 1. The first-order valence-corrected chi connectivity index (χ1v) is 6.55. The van der Waals surface area contributed by atoms with Crippen LogP contribution in [0.3, 0.4) is 0 Å². The molecule has 0 unspecified atom stereocenters. The number of phenolic OH excluding ortho intramolecular Hbond substituents is 1. The summed E-state index contributed by atoms with van der Waals surface area (Å²) >= 11 is 0. The van der Waals surface area contributed by atoms with E-state index in [1.165, 1.54) is 31.3 Å². The molecule has 0 aromatic heterocycles. The van der Waals surface area contributed by atoms with Crippen LogP contribution in [-0.4, -0.2) is 34.8 Å². The van der Waals surface area contributed by atoms with E-state index in [0.717, 1.165) is 4.90 Å². The highest BCUT2D eigenvalue weighted by molar-refractivity contribution is 6.21. The minimum Gasteiger partial charge on any atom is -0.507 e. The van der Waals surface area contributed by atoms with Crippen molar-refractivity contribution in [2.45, 2.75) is 0 Å². The lowest BCUT2D eigenvalue weighted by molar-refractivity contribution is 0.0692. The summed E-state index contributed by atoms with van der Waals surface area (Å²) in [6.07, 6.45) is 0. The first-order chi connectivity index (χ1) is 10.5. The van der Waals surface area contributed by atoms with Gasteiger partial charge in [0.15, 0.2) is 0 Å². The summed E-state index contributed by atoms with van der Waals surface area (Å²) in [6, 6.07) is 10.6. The summed E-state index contributed by atoms with van der Waals surface area (Å²) in [7, 11) is 1.41. The van der Waals surface area contributed by atoms with E-state index >= 15 is 0 Å². The van der Waals surface area contributed by atoms with E-state index in [4.69, 9.17) is 0 Å². The molecule has 6 heteroatoms. The second kappa shape index (κ2) is 5.00. The fraction of sp³-hybridized carbons (Fsp3) is 0.0625. The number of benzene rings is 2. The molecule has 0 bridgehead atoms. The summed E-state index contributed by atoms with van der Waals surface area (Å²) in [4.78, 5) is 36.9. The minimum atomic E-state index is -0.497. The monoisotopic (exact) mass is 296 g/mol. The first-order valence-electron chi connectivity index (χ1n) is 6.55. The molecule has 1 heterocycles. The highest BCUT2D eigenvalue weighted by Crippen LogP contribution is 2.25. The summed E-state index contributed by atoms with van der Waals surface area (Å²) in [6.45, 7) is 0. The number of hydrogen-bond acceptors (Lipinski definition) is 4. The largest absolute Gasteiger partial charge is 0.507 e. The average molecular weight is 296 g/mol. The molecule has 3 amide bonds. The van der Waals surface area contributed by atoms with Gasteiger partial charge in [0.2, 0.25) is 0 Å². The van der Waals surface area contributed by atoms with E-state index in [2.05, 4.69) is 5.32 Å². The van der Waals surface area contributed by atoms with E-state index in [0.29, 0.717) is 11.3 Å². The van der Waals surface area contributed by atoms with Crippen molar-refractivity contribution in [3.05, 3.63) is 59.2 Å². The Balaban J connectivity index is 1.90. The van der Waals surface area contributed by atoms with Gasteiger partial charge in [0.25, 0.3) is 17.7 Å². The SMILES string of the molecule is CN1C(=O)c2ccc(NC(=O)c3ccccc3O)cc2C1=O. The zero-order chi connectivity index (χ0) is 15.9. The smallest absolute Gasteiger partial charge is 0.261 e. The van der Waals surface area contributed by atoms with Crippen LogP contribution in [0.1, 0.15) is 31.1 Å². The van der Waals surface area contributed by atoms with E-state index in [9.17, 15) is 19.5 Å². The Kier molecular flexibility index (Phi) is 3.14. The zero-order valence-electron chi connectivity index (χ0n) is 11.7. The van der Waals surface area contributed by atoms with Gasteiger partial charge in [-0.05, 0) is 30.3 Å². The van der Waals surface area contributed by atoms with E-state index in [1.807, 2.05) is 0 Å². The number of para-hydroxylation sites is 1. The third kappa shape index (κ3) is 2.10. The fourth-order valence-electron chi connectivity index (χ4n) is 2.30. The Morgan fingerprint density at radius 2 is 1.73 bits per heavy atom. The molecule has 2 N–H and O–H groups in total. The molecule has 6 nitrogen and oxygen atoms in total. The Morgan fingerprint density at radius 3 is 2.45 bits per heavy atom. The molecule has 0 radical (unpaired) electrons. The molecule has 22 heavy (non-hydrogen) atoms. The Bertz CT molecular complexity index is 814. The molecule has 2 aromatic rings. The third-order valence-corrected chi connectivity index (χ3v) is 3.50. The van der Waals surface area contributed by atoms with Gasteiger partial charge in [-0.2, -0.15) is 0 Å². The molecular formula is C16H12N2O4. The van der Waals surface area contributed by atoms with Crippen LogP contribution in [0.5, 0.6) is 5.75 Å². The maximum atomic E-state index is 12.1. The molecule has 2 aromatic carbocycles. The number of hydrogen-bond donors (Lipinski definition) is 2. The van der Waals surface area contributed by atoms with E-state index in [-0.39, 0.29) is 22.8 Å². The van der Waals surface area contributed by atoms with Crippen molar-refractivity contribution < 1.29 is 19.5 Å². The van der Waals surface area contributed by atoms with Crippen molar-refractivity contribution in [1.82, 2.24) is 4.90 Å². The van der Waals surface area contributed by atoms with Crippen LogP contribution in [0.4, 0.5) is 5.69 Å². The number of aromatic hydroxyl groups is 1. The standard InChI is InChI=1S/C16H12N2O4/c1-18-15(21)10-7-6-9(8-12(10)16(18)22)17-14(20)11-4-2-3-5-13(11)19/h2-8,19H,1H3,(H,17,20). The van der Waals surface area contributed by atoms with E-state index < -0.39 is 11.8 Å². The quantitative estimate of drug-likeness (QED) is 0.828. The molecule has 1 aliphatic rings. The normalized spacial score (nSPS) is 13.2. The lowest BCUT2D eigenvalue weighted by Crippen LogP contribution is -2.24. The van der Waals surface area contributed by atoms with Crippen molar-refractivity contribution in [3.63, 3.8) is 0 Å². The lowest BCUT2D eigenvalue weighted by Gasteiger charge is -2.07. The Labute approximate surface area is 126 Å². The number of fused-ring (bicyclic) bond motifs is 1. The third-order valence-electron chi connectivity index (χ3n) is 3.50. The van der Waals surface area contributed by atoms with Gasteiger partial charge >= 0.3 is 0 Å². The highest BCUT2D eigenvalue weighted by Gasteiger charge is 2.32. The zero-order valence-corrected chi connectivity index (χ0v) is 11.7. The molecule has 0 atom stereocenters.